The van der Waals surface area contributed by atoms with Gasteiger partial charge in [-0.3, -0.25) is 4.98 Å². The fraction of sp³-hybridized carbons (Fsp3) is 0.500. The lowest BCUT2D eigenvalue weighted by atomic mass is 10.0. The lowest BCUT2D eigenvalue weighted by Gasteiger charge is -2.18. The molecule has 0 atom stereocenters. The highest BCUT2D eigenvalue weighted by Gasteiger charge is 2.16. The highest BCUT2D eigenvalue weighted by atomic mass is 15.1. The average molecular weight is 283 g/mol. The third-order valence-electron chi connectivity index (χ3n) is 4.28. The Kier molecular flexibility index (Phi) is 4.39. The maximum Gasteiger partial charge on any atom is 0.0726 e. The fourth-order valence-corrected chi connectivity index (χ4v) is 3.16. The molecule has 1 aliphatic carbocycles. The Morgan fingerprint density at radius 3 is 2.76 bits per heavy atom. The van der Waals surface area contributed by atoms with E-state index in [1.165, 1.54) is 41.6 Å². The van der Waals surface area contributed by atoms with Gasteiger partial charge in [-0.25, -0.2) is 0 Å². The smallest absolute Gasteiger partial charge is 0.0726 e. The maximum absolute atomic E-state index is 4.93. The van der Waals surface area contributed by atoms with E-state index in [2.05, 4.69) is 48.6 Å². The highest BCUT2D eigenvalue weighted by Crippen LogP contribution is 2.32. The number of aromatic nitrogens is 1. The molecule has 1 aromatic heterocycles. The molecule has 1 N–H and O–H groups in total. The zero-order chi connectivity index (χ0) is 14.7. The summed E-state index contributed by atoms with van der Waals surface area (Å²) in [7, 11) is 4.24. The number of pyridine rings is 1. The number of aryl methyl sites for hydroxylation is 1. The van der Waals surface area contributed by atoms with Crippen LogP contribution >= 0.6 is 0 Å². The van der Waals surface area contributed by atoms with Gasteiger partial charge in [-0.05, 0) is 51.4 Å². The molecule has 0 fully saturated rings. The van der Waals surface area contributed by atoms with Gasteiger partial charge in [0.05, 0.1) is 5.52 Å². The summed E-state index contributed by atoms with van der Waals surface area (Å²) < 4.78 is 0. The fourth-order valence-electron chi connectivity index (χ4n) is 3.16. The number of hydrogen-bond donors (Lipinski definition) is 1. The van der Waals surface area contributed by atoms with Gasteiger partial charge in [0.25, 0.3) is 0 Å². The van der Waals surface area contributed by atoms with Crippen molar-refractivity contribution in [2.75, 3.05) is 32.5 Å². The molecule has 3 heteroatoms. The summed E-state index contributed by atoms with van der Waals surface area (Å²) in [6.45, 7) is 2.03. The molecule has 3 rings (SSSR count). The SMILES string of the molecule is CN(C)CCNc1c2c(nc3ccccc13)CCCCC2. The quantitative estimate of drug-likeness (QED) is 0.871. The molecule has 0 amide bonds. The van der Waals surface area contributed by atoms with Crippen LogP contribution in [0.4, 0.5) is 5.69 Å². The number of nitrogens with zero attached hydrogens (tertiary/aromatic N) is 2. The van der Waals surface area contributed by atoms with Crippen LogP contribution in [-0.2, 0) is 12.8 Å². The molecule has 0 unspecified atom stereocenters. The summed E-state index contributed by atoms with van der Waals surface area (Å²) in [5, 5.41) is 4.97. The molecule has 0 saturated heterocycles. The number of hydrogen-bond acceptors (Lipinski definition) is 3. The van der Waals surface area contributed by atoms with Crippen LogP contribution in [0.1, 0.15) is 30.5 Å². The Bertz CT molecular complexity index is 619. The van der Waals surface area contributed by atoms with Crippen LogP contribution in [0.2, 0.25) is 0 Å². The van der Waals surface area contributed by atoms with Crippen molar-refractivity contribution in [3.8, 4) is 0 Å². The first-order valence-electron chi connectivity index (χ1n) is 8.05. The van der Waals surface area contributed by atoms with Gasteiger partial charge in [0, 0.05) is 29.9 Å². The predicted molar refractivity (Wildman–Crippen MR) is 90.0 cm³/mol. The number of benzene rings is 1. The Labute approximate surface area is 127 Å². The molecule has 1 aromatic carbocycles. The molecule has 3 nitrogen and oxygen atoms in total. The Hall–Kier alpha value is -1.61. The number of likely N-dealkylation sites (N-methyl/N-ethyl adjacent to an activating group) is 1. The first kappa shape index (κ1) is 14.3. The van der Waals surface area contributed by atoms with Crippen LogP contribution in [0.25, 0.3) is 10.9 Å². The van der Waals surface area contributed by atoms with Gasteiger partial charge < -0.3 is 10.2 Å². The largest absolute Gasteiger partial charge is 0.383 e. The number of fused-ring (bicyclic) bond motifs is 2. The topological polar surface area (TPSA) is 28.2 Å². The van der Waals surface area contributed by atoms with Gasteiger partial charge in [0.15, 0.2) is 0 Å². The predicted octanol–water partition coefficient (Wildman–Crippen LogP) is 3.48. The summed E-state index contributed by atoms with van der Waals surface area (Å²) in [6.07, 6.45) is 6.18. The maximum atomic E-state index is 4.93. The minimum Gasteiger partial charge on any atom is -0.383 e. The normalized spacial score (nSPS) is 15.0. The van der Waals surface area contributed by atoms with Gasteiger partial charge in [0.1, 0.15) is 0 Å². The summed E-state index contributed by atoms with van der Waals surface area (Å²) in [5.74, 6) is 0. The third kappa shape index (κ3) is 3.18. The van der Waals surface area contributed by atoms with E-state index in [1.807, 2.05) is 0 Å². The lowest BCUT2D eigenvalue weighted by molar-refractivity contribution is 0.425. The second kappa shape index (κ2) is 6.44. The molecule has 0 aliphatic heterocycles. The van der Waals surface area contributed by atoms with Gasteiger partial charge in [-0.1, -0.05) is 24.6 Å². The van der Waals surface area contributed by atoms with Crippen molar-refractivity contribution >= 4 is 16.6 Å². The molecule has 2 aromatic rings. The molecular weight excluding hydrogens is 258 g/mol. The molecule has 0 bridgehead atoms. The summed E-state index contributed by atoms with van der Waals surface area (Å²) in [4.78, 5) is 7.15. The van der Waals surface area contributed by atoms with Crippen molar-refractivity contribution in [2.24, 2.45) is 0 Å². The van der Waals surface area contributed by atoms with Gasteiger partial charge in [-0.15, -0.1) is 0 Å². The minimum absolute atomic E-state index is 0.980. The van der Waals surface area contributed by atoms with Gasteiger partial charge >= 0.3 is 0 Å². The molecular formula is C18H25N3. The summed E-state index contributed by atoms with van der Waals surface area (Å²) >= 11 is 0. The van der Waals surface area contributed by atoms with Crippen LogP contribution < -0.4 is 5.32 Å². The van der Waals surface area contributed by atoms with Crippen molar-refractivity contribution in [3.63, 3.8) is 0 Å². The monoisotopic (exact) mass is 283 g/mol. The van der Waals surface area contributed by atoms with E-state index in [1.54, 1.807) is 0 Å². The van der Waals surface area contributed by atoms with Crippen LogP contribution in [0.15, 0.2) is 24.3 Å². The molecule has 0 spiro atoms. The van der Waals surface area contributed by atoms with Gasteiger partial charge in [-0.2, -0.15) is 0 Å². The van der Waals surface area contributed by atoms with Crippen molar-refractivity contribution < 1.29 is 0 Å². The van der Waals surface area contributed by atoms with E-state index in [-0.39, 0.29) is 0 Å². The third-order valence-corrected chi connectivity index (χ3v) is 4.28. The summed E-state index contributed by atoms with van der Waals surface area (Å²) in [5.41, 5.74) is 5.24. The van der Waals surface area contributed by atoms with Crippen molar-refractivity contribution in [3.05, 3.63) is 35.5 Å². The molecule has 1 aliphatic rings. The summed E-state index contributed by atoms with van der Waals surface area (Å²) in [6, 6.07) is 8.54. The first-order valence-corrected chi connectivity index (χ1v) is 8.05. The van der Waals surface area contributed by atoms with Crippen LogP contribution in [0.5, 0.6) is 0 Å². The highest BCUT2D eigenvalue weighted by molar-refractivity contribution is 5.93. The first-order chi connectivity index (χ1) is 10.3. The Morgan fingerprint density at radius 2 is 1.90 bits per heavy atom. The standard InChI is InChI=1S/C18H25N3/c1-21(2)13-12-19-18-14-8-4-3-5-10-16(14)20-17-11-7-6-9-15(17)18/h6-7,9,11H,3-5,8,10,12-13H2,1-2H3,(H,19,20). The lowest BCUT2D eigenvalue weighted by Crippen LogP contribution is -2.21. The second-order valence-corrected chi connectivity index (χ2v) is 6.22. The van der Waals surface area contributed by atoms with Crippen molar-refractivity contribution in [2.45, 2.75) is 32.1 Å². The minimum atomic E-state index is 0.980. The zero-order valence-electron chi connectivity index (χ0n) is 13.2. The molecule has 0 saturated carbocycles. The van der Waals surface area contributed by atoms with E-state index >= 15 is 0 Å². The van der Waals surface area contributed by atoms with Crippen LogP contribution in [0, 0.1) is 0 Å². The van der Waals surface area contributed by atoms with Crippen molar-refractivity contribution in [1.82, 2.24) is 9.88 Å². The van der Waals surface area contributed by atoms with Crippen molar-refractivity contribution in [1.29, 1.82) is 0 Å². The number of anilines is 1. The number of para-hydroxylation sites is 1. The zero-order valence-corrected chi connectivity index (χ0v) is 13.2. The Morgan fingerprint density at radius 1 is 1.10 bits per heavy atom. The van der Waals surface area contributed by atoms with Gasteiger partial charge in [0.2, 0.25) is 0 Å². The molecule has 112 valence electrons. The molecule has 0 radical (unpaired) electrons. The second-order valence-electron chi connectivity index (χ2n) is 6.22. The van der Waals surface area contributed by atoms with E-state index in [0.29, 0.717) is 0 Å². The van der Waals surface area contributed by atoms with Crippen LogP contribution in [-0.4, -0.2) is 37.1 Å². The van der Waals surface area contributed by atoms with E-state index in [0.717, 1.165) is 31.4 Å². The molecule has 21 heavy (non-hydrogen) atoms. The Balaban J connectivity index is 2.02. The van der Waals surface area contributed by atoms with E-state index in [4.69, 9.17) is 4.98 Å². The van der Waals surface area contributed by atoms with Crippen LogP contribution in [0.3, 0.4) is 0 Å². The van der Waals surface area contributed by atoms with E-state index < -0.39 is 0 Å². The average Bonchev–Trinajstić information content (AvgIpc) is 2.71. The number of nitrogens with one attached hydrogen (secondary N) is 1. The number of rotatable bonds is 4. The molecule has 1 heterocycles. The van der Waals surface area contributed by atoms with E-state index in [9.17, 15) is 0 Å².